The van der Waals surface area contributed by atoms with Gasteiger partial charge in [-0.2, -0.15) is 0 Å². The topological polar surface area (TPSA) is 129 Å². The number of anilines is 1. The van der Waals surface area contributed by atoms with Gasteiger partial charge in [-0.3, -0.25) is 4.57 Å². The van der Waals surface area contributed by atoms with Gasteiger partial charge >= 0.3 is 6.03 Å². The maximum atomic E-state index is 13.5. The molecule has 1 saturated heterocycles. The Morgan fingerprint density at radius 1 is 1.20 bits per heavy atom. The quantitative estimate of drug-likeness (QED) is 0.354. The highest BCUT2D eigenvalue weighted by Gasteiger charge is 2.41. The van der Waals surface area contributed by atoms with E-state index in [1.807, 2.05) is 13.8 Å². The van der Waals surface area contributed by atoms with Crippen LogP contribution in [0.2, 0.25) is 0 Å². The van der Waals surface area contributed by atoms with Crippen LogP contribution in [0.4, 0.5) is 19.4 Å². The molecule has 0 spiro atoms. The monoisotopic (exact) mass is 605 g/mol. The van der Waals surface area contributed by atoms with Crippen molar-refractivity contribution in [1.29, 1.82) is 0 Å². The molecular formula is C25H29F2N9O3S2. The second-order valence-corrected chi connectivity index (χ2v) is 13.6. The largest absolute Gasteiger partial charge is 0.352 e. The van der Waals surface area contributed by atoms with Crippen LogP contribution in [0.3, 0.4) is 0 Å². The number of nitrogens with zero attached hydrogens (tertiary/aromatic N) is 8. The molecule has 4 aromatic rings. The molecule has 41 heavy (non-hydrogen) atoms. The van der Waals surface area contributed by atoms with E-state index in [1.54, 1.807) is 34.5 Å². The Morgan fingerprint density at radius 2 is 1.95 bits per heavy atom. The van der Waals surface area contributed by atoms with Crippen LogP contribution in [0.1, 0.15) is 38.1 Å². The fraction of sp³-hybridized carbons (Fsp3) is 0.480. The number of carbonyl (C=O) groups is 1. The number of benzene rings is 1. The van der Waals surface area contributed by atoms with Crippen molar-refractivity contribution in [2.75, 3.05) is 38.6 Å². The molecule has 6 rings (SSSR count). The molecule has 1 aliphatic heterocycles. The summed E-state index contributed by atoms with van der Waals surface area (Å²) in [7, 11) is -0.426. The van der Waals surface area contributed by atoms with Crippen LogP contribution in [0, 0.1) is 0 Å². The van der Waals surface area contributed by atoms with Gasteiger partial charge in [-0.25, -0.2) is 36.7 Å². The number of hydrogen-bond acceptors (Lipinski definition) is 9. The van der Waals surface area contributed by atoms with E-state index in [1.165, 1.54) is 18.5 Å². The molecule has 0 bridgehead atoms. The van der Waals surface area contributed by atoms with Crippen LogP contribution in [-0.4, -0.2) is 94.3 Å². The highest BCUT2D eigenvalue weighted by atomic mass is 32.2. The van der Waals surface area contributed by atoms with Crippen molar-refractivity contribution in [3.05, 3.63) is 29.5 Å². The number of rotatable bonds is 6. The van der Waals surface area contributed by atoms with E-state index in [4.69, 9.17) is 0 Å². The predicted octanol–water partition coefficient (Wildman–Crippen LogP) is 3.39. The molecule has 4 heterocycles. The highest BCUT2D eigenvalue weighted by Crippen LogP contribution is 2.40. The normalized spacial score (nSPS) is 19.0. The minimum atomic E-state index is -3.85. The van der Waals surface area contributed by atoms with Gasteiger partial charge in [0.25, 0.3) is 6.43 Å². The number of nitrogens with one attached hydrogen (secondary N) is 1. The van der Waals surface area contributed by atoms with Crippen molar-refractivity contribution in [2.24, 2.45) is 0 Å². The number of alkyl halides is 2. The van der Waals surface area contributed by atoms with Gasteiger partial charge in [0.05, 0.1) is 15.8 Å². The lowest BCUT2D eigenvalue weighted by molar-refractivity contribution is 0.146. The summed E-state index contributed by atoms with van der Waals surface area (Å²) in [4.78, 5) is 27.2. The summed E-state index contributed by atoms with van der Waals surface area (Å²) in [5.74, 6) is 0.598. The molecular weight excluding hydrogens is 576 g/mol. The minimum absolute atomic E-state index is 0.0414. The van der Waals surface area contributed by atoms with Crippen LogP contribution in [0.5, 0.6) is 0 Å². The standard InChI is InChI=1S/C25H29F2N9O3S2/c1-14-12-34(9-10-35(14)24(37)33(3)4)20-18-16-6-5-15(41(38,39)32-25(2)7-8-25)11-17(16)36(21(18)29-13-28-20)23-31-30-22(40-23)19(26)27/h5-6,11,13-14,19,32H,7-10,12H2,1-4H3. The molecule has 1 aromatic carbocycles. The molecule has 1 N–H and O–H groups in total. The molecule has 2 amide bonds. The second-order valence-electron chi connectivity index (χ2n) is 11.0. The summed E-state index contributed by atoms with van der Waals surface area (Å²) in [5, 5.41) is 8.60. The van der Waals surface area contributed by atoms with Crippen LogP contribution in [-0.2, 0) is 10.0 Å². The Kier molecular flexibility index (Phi) is 6.61. The van der Waals surface area contributed by atoms with Crippen molar-refractivity contribution < 1.29 is 22.0 Å². The second kappa shape index (κ2) is 9.80. The molecule has 218 valence electrons. The van der Waals surface area contributed by atoms with Gasteiger partial charge in [-0.05, 0) is 38.8 Å². The first kappa shape index (κ1) is 27.7. The number of amides is 2. The Bertz CT molecular complexity index is 1770. The molecule has 2 aliphatic rings. The smallest absolute Gasteiger partial charge is 0.319 e. The average molecular weight is 606 g/mol. The fourth-order valence-electron chi connectivity index (χ4n) is 5.17. The first-order chi connectivity index (χ1) is 19.4. The molecule has 12 nitrogen and oxygen atoms in total. The Labute approximate surface area is 239 Å². The number of sulfonamides is 1. The zero-order valence-corrected chi connectivity index (χ0v) is 24.5. The van der Waals surface area contributed by atoms with E-state index >= 15 is 0 Å². The summed E-state index contributed by atoms with van der Waals surface area (Å²) >= 11 is 0.713. The summed E-state index contributed by atoms with van der Waals surface area (Å²) < 4.78 is 57.8. The minimum Gasteiger partial charge on any atom is -0.352 e. The summed E-state index contributed by atoms with van der Waals surface area (Å²) in [6.07, 6.45) is 0.0835. The van der Waals surface area contributed by atoms with Gasteiger partial charge in [-0.15, -0.1) is 10.2 Å². The SMILES string of the molecule is CC1CN(c2ncnc3c2c2ccc(S(=O)(=O)NC4(C)CC4)cc2n3-c2nnc(C(F)F)s2)CCN1C(=O)N(C)C. The van der Waals surface area contributed by atoms with Gasteiger partial charge in [0.2, 0.25) is 15.2 Å². The molecule has 2 fully saturated rings. The lowest BCUT2D eigenvalue weighted by Crippen LogP contribution is -2.56. The number of fused-ring (bicyclic) bond motifs is 3. The number of hydrogen-bond donors (Lipinski definition) is 1. The van der Waals surface area contributed by atoms with Crippen LogP contribution < -0.4 is 9.62 Å². The van der Waals surface area contributed by atoms with E-state index in [0.717, 1.165) is 12.8 Å². The highest BCUT2D eigenvalue weighted by molar-refractivity contribution is 7.89. The van der Waals surface area contributed by atoms with Crippen LogP contribution >= 0.6 is 11.3 Å². The number of urea groups is 1. The first-order valence-corrected chi connectivity index (χ1v) is 15.4. The molecule has 3 aromatic heterocycles. The van der Waals surface area contributed by atoms with Gasteiger partial charge < -0.3 is 14.7 Å². The predicted molar refractivity (Wildman–Crippen MR) is 150 cm³/mol. The Balaban J connectivity index is 1.51. The molecule has 1 atom stereocenters. The summed E-state index contributed by atoms with van der Waals surface area (Å²) in [6.45, 7) is 5.30. The zero-order valence-electron chi connectivity index (χ0n) is 22.9. The third-order valence-electron chi connectivity index (χ3n) is 7.55. The van der Waals surface area contributed by atoms with E-state index in [9.17, 15) is 22.0 Å². The maximum absolute atomic E-state index is 13.5. The molecule has 1 saturated carbocycles. The first-order valence-electron chi connectivity index (χ1n) is 13.1. The fourth-order valence-corrected chi connectivity index (χ4v) is 7.37. The van der Waals surface area contributed by atoms with Crippen molar-refractivity contribution in [3.63, 3.8) is 0 Å². The lowest BCUT2D eigenvalue weighted by Gasteiger charge is -2.41. The van der Waals surface area contributed by atoms with E-state index < -0.39 is 27.0 Å². The van der Waals surface area contributed by atoms with Crippen molar-refractivity contribution in [1.82, 2.24) is 39.3 Å². The average Bonchev–Trinajstić information content (AvgIpc) is 3.31. The van der Waals surface area contributed by atoms with Gasteiger partial charge in [0.15, 0.2) is 10.7 Å². The third-order valence-corrected chi connectivity index (χ3v) is 10.1. The Hall–Kier alpha value is -3.50. The van der Waals surface area contributed by atoms with Crippen LogP contribution in [0.25, 0.3) is 27.1 Å². The number of aromatic nitrogens is 5. The van der Waals surface area contributed by atoms with Gasteiger partial charge in [0.1, 0.15) is 12.1 Å². The number of piperazine rings is 1. The van der Waals surface area contributed by atoms with E-state index in [0.29, 0.717) is 58.7 Å². The lowest BCUT2D eigenvalue weighted by atomic mass is 10.1. The number of carbonyl (C=O) groups excluding carboxylic acids is 1. The zero-order chi connectivity index (χ0) is 29.3. The molecule has 0 radical (unpaired) electrons. The van der Waals surface area contributed by atoms with E-state index in [2.05, 4.69) is 29.8 Å². The van der Waals surface area contributed by atoms with Crippen LogP contribution in [0.15, 0.2) is 29.4 Å². The Morgan fingerprint density at radius 3 is 2.59 bits per heavy atom. The summed E-state index contributed by atoms with van der Waals surface area (Å²) in [6, 6.07) is 4.54. The van der Waals surface area contributed by atoms with Crippen molar-refractivity contribution in [3.8, 4) is 5.13 Å². The maximum Gasteiger partial charge on any atom is 0.319 e. The van der Waals surface area contributed by atoms with E-state index in [-0.39, 0.29) is 22.1 Å². The van der Waals surface area contributed by atoms with Gasteiger partial charge in [0, 0.05) is 50.7 Å². The summed E-state index contributed by atoms with van der Waals surface area (Å²) in [5.41, 5.74) is 0.340. The van der Waals surface area contributed by atoms with Crippen molar-refractivity contribution in [2.45, 2.75) is 49.6 Å². The van der Waals surface area contributed by atoms with Crippen molar-refractivity contribution >= 4 is 55.1 Å². The number of halogens is 2. The molecule has 1 unspecified atom stereocenters. The molecule has 16 heteroatoms. The van der Waals surface area contributed by atoms with Gasteiger partial charge in [-0.1, -0.05) is 17.4 Å². The third kappa shape index (κ3) is 4.86. The molecule has 1 aliphatic carbocycles.